The number of carbonyl (C=O) groups excluding carboxylic acids is 1. The van der Waals surface area contributed by atoms with Crippen LogP contribution in [0.5, 0.6) is 11.5 Å². The van der Waals surface area contributed by atoms with Crippen molar-refractivity contribution >= 4 is 23.1 Å². The Morgan fingerprint density at radius 3 is 2.53 bits per heavy atom. The van der Waals surface area contributed by atoms with Crippen LogP contribution in [-0.2, 0) is 4.74 Å². The summed E-state index contributed by atoms with van der Waals surface area (Å²) >= 11 is 0. The number of benzene rings is 2. The predicted octanol–water partition coefficient (Wildman–Crippen LogP) is 3.94. The number of ether oxygens (including phenoxy) is 3. The summed E-state index contributed by atoms with van der Waals surface area (Å²) in [6.07, 6.45) is 5.19. The molecule has 0 saturated heterocycles. The van der Waals surface area contributed by atoms with Gasteiger partial charge >= 0.3 is 5.97 Å². The van der Waals surface area contributed by atoms with E-state index in [-0.39, 0.29) is 5.97 Å². The molecule has 0 radical (unpaired) electrons. The number of rotatable bonds is 6. The molecule has 152 valence electrons. The van der Waals surface area contributed by atoms with E-state index in [1.165, 1.54) is 7.11 Å². The summed E-state index contributed by atoms with van der Waals surface area (Å²) in [4.78, 5) is 20.6. The standard InChI is InChI=1S/C22H20N4O4/c1-28-16-8-9-18(29-2)17(12-16)24-21-20(25-19-13-23-10-11-26(19)21)14-4-6-15(7-5-14)22(27)30-3/h4-13,24H,1-3H3. The van der Waals surface area contributed by atoms with Gasteiger partial charge < -0.3 is 19.5 Å². The summed E-state index contributed by atoms with van der Waals surface area (Å²) in [5.41, 5.74) is 3.40. The SMILES string of the molecule is COC(=O)c1ccc(-c2nc3cnccn3c2Nc2cc(OC)ccc2OC)cc1. The Hall–Kier alpha value is -4.07. The summed E-state index contributed by atoms with van der Waals surface area (Å²) in [6.45, 7) is 0. The van der Waals surface area contributed by atoms with E-state index < -0.39 is 0 Å². The largest absolute Gasteiger partial charge is 0.497 e. The van der Waals surface area contributed by atoms with Crippen LogP contribution in [0.2, 0.25) is 0 Å². The van der Waals surface area contributed by atoms with Gasteiger partial charge in [0.15, 0.2) is 5.65 Å². The number of fused-ring (bicyclic) bond motifs is 1. The van der Waals surface area contributed by atoms with Crippen LogP contribution >= 0.6 is 0 Å². The van der Waals surface area contributed by atoms with E-state index in [2.05, 4.69) is 10.3 Å². The molecule has 30 heavy (non-hydrogen) atoms. The van der Waals surface area contributed by atoms with Crippen LogP contribution in [0.25, 0.3) is 16.9 Å². The van der Waals surface area contributed by atoms with Crippen molar-refractivity contribution in [2.24, 2.45) is 0 Å². The van der Waals surface area contributed by atoms with E-state index in [0.29, 0.717) is 28.4 Å². The average molecular weight is 404 g/mol. The molecule has 0 aliphatic heterocycles. The van der Waals surface area contributed by atoms with Crippen LogP contribution in [0.3, 0.4) is 0 Å². The molecule has 0 aliphatic rings. The molecule has 2 aromatic carbocycles. The zero-order valence-corrected chi connectivity index (χ0v) is 16.7. The lowest BCUT2D eigenvalue weighted by Gasteiger charge is -2.14. The summed E-state index contributed by atoms with van der Waals surface area (Å²) in [6, 6.07) is 12.6. The third-order valence-electron chi connectivity index (χ3n) is 4.67. The third-order valence-corrected chi connectivity index (χ3v) is 4.67. The van der Waals surface area contributed by atoms with Gasteiger partial charge in [-0.05, 0) is 24.3 Å². The van der Waals surface area contributed by atoms with Gasteiger partial charge in [-0.1, -0.05) is 12.1 Å². The fourth-order valence-corrected chi connectivity index (χ4v) is 3.15. The van der Waals surface area contributed by atoms with Crippen molar-refractivity contribution in [2.45, 2.75) is 0 Å². The van der Waals surface area contributed by atoms with Gasteiger partial charge in [0.1, 0.15) is 23.0 Å². The highest BCUT2D eigenvalue weighted by molar-refractivity contribution is 5.90. The van der Waals surface area contributed by atoms with Crippen LogP contribution in [0.4, 0.5) is 11.5 Å². The molecule has 2 heterocycles. The molecule has 4 aromatic rings. The zero-order chi connectivity index (χ0) is 21.1. The van der Waals surface area contributed by atoms with Gasteiger partial charge in [-0.3, -0.25) is 9.38 Å². The molecule has 0 spiro atoms. The number of esters is 1. The third kappa shape index (κ3) is 3.50. The highest BCUT2D eigenvalue weighted by atomic mass is 16.5. The lowest BCUT2D eigenvalue weighted by atomic mass is 10.1. The van der Waals surface area contributed by atoms with E-state index in [4.69, 9.17) is 19.2 Å². The maximum atomic E-state index is 11.8. The first-order chi connectivity index (χ1) is 14.6. The van der Waals surface area contributed by atoms with Crippen LogP contribution in [0, 0.1) is 0 Å². The van der Waals surface area contributed by atoms with Crippen LogP contribution in [-0.4, -0.2) is 41.7 Å². The smallest absolute Gasteiger partial charge is 0.337 e. The topological polar surface area (TPSA) is 87.0 Å². The number of methoxy groups -OCH3 is 3. The van der Waals surface area contributed by atoms with Crippen molar-refractivity contribution in [1.29, 1.82) is 0 Å². The number of imidazole rings is 1. The number of hydrogen-bond acceptors (Lipinski definition) is 7. The number of anilines is 2. The van der Waals surface area contributed by atoms with Crippen molar-refractivity contribution in [2.75, 3.05) is 26.6 Å². The molecular weight excluding hydrogens is 384 g/mol. The highest BCUT2D eigenvalue weighted by Crippen LogP contribution is 2.36. The Kier molecular flexibility index (Phi) is 5.21. The molecule has 0 amide bonds. The van der Waals surface area contributed by atoms with Gasteiger partial charge in [0.2, 0.25) is 0 Å². The van der Waals surface area contributed by atoms with E-state index in [1.807, 2.05) is 40.9 Å². The van der Waals surface area contributed by atoms with Crippen molar-refractivity contribution < 1.29 is 19.0 Å². The summed E-state index contributed by atoms with van der Waals surface area (Å²) in [5, 5.41) is 3.41. The number of aromatic nitrogens is 3. The predicted molar refractivity (Wildman–Crippen MR) is 113 cm³/mol. The fourth-order valence-electron chi connectivity index (χ4n) is 3.15. The Balaban J connectivity index is 1.83. The first-order valence-electron chi connectivity index (χ1n) is 9.14. The maximum Gasteiger partial charge on any atom is 0.337 e. The average Bonchev–Trinajstić information content (AvgIpc) is 3.17. The zero-order valence-electron chi connectivity index (χ0n) is 16.7. The number of nitrogens with one attached hydrogen (secondary N) is 1. The minimum atomic E-state index is -0.389. The Morgan fingerprint density at radius 1 is 1.03 bits per heavy atom. The lowest BCUT2D eigenvalue weighted by molar-refractivity contribution is 0.0601. The minimum absolute atomic E-state index is 0.389. The number of carbonyl (C=O) groups is 1. The second kappa shape index (κ2) is 8.12. The summed E-state index contributed by atoms with van der Waals surface area (Å²) in [7, 11) is 4.58. The van der Waals surface area contributed by atoms with Crippen molar-refractivity contribution in [3.63, 3.8) is 0 Å². The Morgan fingerprint density at radius 2 is 1.83 bits per heavy atom. The van der Waals surface area contributed by atoms with E-state index in [9.17, 15) is 4.79 Å². The number of nitrogens with zero attached hydrogens (tertiary/aromatic N) is 3. The quantitative estimate of drug-likeness (QED) is 0.487. The molecule has 0 aliphatic carbocycles. The van der Waals surface area contributed by atoms with E-state index >= 15 is 0 Å². The molecule has 8 nitrogen and oxygen atoms in total. The maximum absolute atomic E-state index is 11.8. The summed E-state index contributed by atoms with van der Waals surface area (Å²) in [5.74, 6) is 1.69. The first kappa shape index (κ1) is 19.3. The molecule has 0 bridgehead atoms. The molecule has 0 atom stereocenters. The molecule has 4 rings (SSSR count). The van der Waals surface area contributed by atoms with Gasteiger partial charge in [0.05, 0.1) is 38.8 Å². The number of hydrogen-bond donors (Lipinski definition) is 1. The second-order valence-corrected chi connectivity index (χ2v) is 6.37. The van der Waals surface area contributed by atoms with Crippen molar-refractivity contribution in [3.05, 3.63) is 66.6 Å². The molecule has 1 N–H and O–H groups in total. The van der Waals surface area contributed by atoms with Crippen LogP contribution in [0.1, 0.15) is 10.4 Å². The van der Waals surface area contributed by atoms with Gasteiger partial charge in [0, 0.05) is 24.0 Å². The summed E-state index contributed by atoms with van der Waals surface area (Å²) < 4.78 is 17.5. The minimum Gasteiger partial charge on any atom is -0.497 e. The monoisotopic (exact) mass is 404 g/mol. The van der Waals surface area contributed by atoms with Crippen molar-refractivity contribution in [1.82, 2.24) is 14.4 Å². The first-order valence-corrected chi connectivity index (χ1v) is 9.14. The van der Waals surface area contributed by atoms with Gasteiger partial charge in [0.25, 0.3) is 0 Å². The highest BCUT2D eigenvalue weighted by Gasteiger charge is 2.17. The molecular formula is C22H20N4O4. The van der Waals surface area contributed by atoms with E-state index in [0.717, 1.165) is 17.1 Å². The molecule has 0 fully saturated rings. The lowest BCUT2D eigenvalue weighted by Crippen LogP contribution is -2.01. The fraction of sp³-hybridized carbons (Fsp3) is 0.136. The normalized spacial score (nSPS) is 10.6. The Labute approximate surface area is 173 Å². The van der Waals surface area contributed by atoms with Crippen LogP contribution in [0.15, 0.2) is 61.1 Å². The molecule has 0 unspecified atom stereocenters. The van der Waals surface area contributed by atoms with Gasteiger partial charge in [-0.2, -0.15) is 0 Å². The van der Waals surface area contributed by atoms with Crippen LogP contribution < -0.4 is 14.8 Å². The molecule has 8 heteroatoms. The van der Waals surface area contributed by atoms with E-state index in [1.54, 1.807) is 38.7 Å². The van der Waals surface area contributed by atoms with Gasteiger partial charge in [-0.25, -0.2) is 9.78 Å². The molecule has 2 aromatic heterocycles. The van der Waals surface area contributed by atoms with Gasteiger partial charge in [-0.15, -0.1) is 0 Å². The Bertz CT molecular complexity index is 1200. The van der Waals surface area contributed by atoms with Crippen molar-refractivity contribution in [3.8, 4) is 22.8 Å². The molecule has 0 saturated carbocycles. The second-order valence-electron chi connectivity index (χ2n) is 6.37.